The third-order valence-corrected chi connectivity index (χ3v) is 4.49. The first kappa shape index (κ1) is 20.0. The summed E-state index contributed by atoms with van der Waals surface area (Å²) in [5.41, 5.74) is 6.00. The van der Waals surface area contributed by atoms with Gasteiger partial charge in [-0.15, -0.1) is 0 Å². The van der Waals surface area contributed by atoms with Crippen LogP contribution < -0.4 is 21.3 Å². The smallest absolute Gasteiger partial charge is 0.323 e. The molecule has 0 bridgehead atoms. The Balaban J connectivity index is 1.38. The predicted molar refractivity (Wildman–Crippen MR) is 128 cm³/mol. The average molecular weight is 409 g/mol. The van der Waals surface area contributed by atoms with Crippen LogP contribution in [-0.4, -0.2) is 11.0 Å². The van der Waals surface area contributed by atoms with Gasteiger partial charge in [-0.2, -0.15) is 0 Å². The van der Waals surface area contributed by atoms with E-state index in [1.54, 1.807) is 6.20 Å². The number of hydrogen-bond acceptors (Lipinski definition) is 4. The topological polar surface area (TPSA) is 78.1 Å². The fourth-order valence-corrected chi connectivity index (χ4v) is 3.12. The molecule has 0 spiro atoms. The van der Waals surface area contributed by atoms with Crippen LogP contribution in [0.5, 0.6) is 0 Å². The second-order valence-corrected chi connectivity index (χ2v) is 7.04. The minimum atomic E-state index is -0.311. The molecule has 154 valence electrons. The molecule has 0 aliphatic rings. The molecule has 3 aromatic carbocycles. The number of carbonyl (C=O) groups is 1. The van der Waals surface area contributed by atoms with E-state index in [0.29, 0.717) is 11.4 Å². The highest BCUT2D eigenvalue weighted by molar-refractivity contribution is 6.00. The Morgan fingerprint density at radius 2 is 1.13 bits per heavy atom. The van der Waals surface area contributed by atoms with E-state index in [-0.39, 0.29) is 6.03 Å². The highest BCUT2D eigenvalue weighted by Gasteiger charge is 2.05. The molecular weight excluding hydrogens is 386 g/mol. The van der Waals surface area contributed by atoms with Gasteiger partial charge in [0.15, 0.2) is 0 Å². The summed E-state index contributed by atoms with van der Waals surface area (Å²) in [5.74, 6) is 0. The van der Waals surface area contributed by atoms with Crippen LogP contribution in [0.1, 0.15) is 5.69 Å². The first-order valence-electron chi connectivity index (χ1n) is 9.94. The van der Waals surface area contributed by atoms with Gasteiger partial charge >= 0.3 is 6.03 Å². The van der Waals surface area contributed by atoms with Gasteiger partial charge in [-0.05, 0) is 67.6 Å². The number of urea groups is 1. The maximum atomic E-state index is 12.5. The number of amides is 2. The molecule has 0 saturated heterocycles. The molecule has 0 aliphatic heterocycles. The average Bonchev–Trinajstić information content (AvgIpc) is 2.75. The number of pyridine rings is 1. The number of para-hydroxylation sites is 1. The summed E-state index contributed by atoms with van der Waals surface area (Å²) in [6.45, 7) is 1.94. The van der Waals surface area contributed by atoms with Gasteiger partial charge in [-0.1, -0.05) is 30.3 Å². The number of benzene rings is 3. The summed E-state index contributed by atoms with van der Waals surface area (Å²) in [6, 6.07) is 28.6. The summed E-state index contributed by atoms with van der Waals surface area (Å²) in [7, 11) is 0. The van der Waals surface area contributed by atoms with E-state index >= 15 is 0 Å². The van der Waals surface area contributed by atoms with E-state index in [2.05, 4.69) is 26.3 Å². The Bertz CT molecular complexity index is 1180. The molecule has 6 nitrogen and oxygen atoms in total. The summed E-state index contributed by atoms with van der Waals surface area (Å²) in [6.07, 6.45) is 1.76. The van der Waals surface area contributed by atoms with Crippen LogP contribution in [0.15, 0.2) is 97.2 Å². The Morgan fingerprint density at radius 1 is 0.613 bits per heavy atom. The zero-order valence-corrected chi connectivity index (χ0v) is 17.1. The molecule has 1 heterocycles. The molecule has 0 unspecified atom stereocenters. The van der Waals surface area contributed by atoms with Crippen molar-refractivity contribution in [3.63, 3.8) is 0 Å². The molecule has 4 rings (SSSR count). The monoisotopic (exact) mass is 409 g/mol. The van der Waals surface area contributed by atoms with Crippen molar-refractivity contribution in [2.24, 2.45) is 0 Å². The Hall–Kier alpha value is -4.32. The molecule has 0 aliphatic carbocycles. The van der Waals surface area contributed by atoms with Crippen molar-refractivity contribution in [1.82, 2.24) is 4.98 Å². The van der Waals surface area contributed by atoms with Crippen molar-refractivity contribution in [3.05, 3.63) is 103 Å². The summed E-state index contributed by atoms with van der Waals surface area (Å²) in [5, 5.41) is 12.4. The number of anilines is 6. The Labute approximate surface area is 181 Å². The fourth-order valence-electron chi connectivity index (χ4n) is 3.12. The molecule has 4 N–H and O–H groups in total. The third-order valence-electron chi connectivity index (χ3n) is 4.49. The molecule has 1 aromatic heterocycles. The minimum absolute atomic E-state index is 0.311. The Kier molecular flexibility index (Phi) is 6.09. The lowest BCUT2D eigenvalue weighted by Crippen LogP contribution is -2.19. The van der Waals surface area contributed by atoms with Gasteiger partial charge in [0, 0.05) is 46.0 Å². The molecule has 0 fully saturated rings. The molecule has 0 radical (unpaired) electrons. The SMILES string of the molecule is Cc1cc(Nc2cccc(NC(=O)Nc3cccc(Nc4ccccc4)c3)c2)ccn1. The number of nitrogens with zero attached hydrogens (tertiary/aromatic N) is 1. The van der Waals surface area contributed by atoms with Crippen LogP contribution in [0.25, 0.3) is 0 Å². The normalized spacial score (nSPS) is 10.2. The number of carbonyl (C=O) groups excluding carboxylic acids is 1. The molecular formula is C25H23N5O. The van der Waals surface area contributed by atoms with E-state index in [4.69, 9.17) is 0 Å². The van der Waals surface area contributed by atoms with Crippen molar-refractivity contribution in [2.45, 2.75) is 6.92 Å². The van der Waals surface area contributed by atoms with Gasteiger partial charge in [-0.25, -0.2) is 4.79 Å². The maximum Gasteiger partial charge on any atom is 0.323 e. The zero-order chi connectivity index (χ0) is 21.5. The summed E-state index contributed by atoms with van der Waals surface area (Å²) >= 11 is 0. The standard InChI is InChI=1S/C25H23N5O/c1-18-15-24(13-14-26-18)28-21-10-6-12-23(17-21)30-25(31)29-22-11-5-9-20(16-22)27-19-7-3-2-4-8-19/h2-17,27H,1H3,(H,26,28)(H2,29,30,31). The van der Waals surface area contributed by atoms with Crippen molar-refractivity contribution >= 4 is 40.2 Å². The van der Waals surface area contributed by atoms with Crippen molar-refractivity contribution in [1.29, 1.82) is 0 Å². The lowest BCUT2D eigenvalue weighted by molar-refractivity contribution is 0.262. The quantitative estimate of drug-likeness (QED) is 0.292. The zero-order valence-electron chi connectivity index (χ0n) is 17.1. The number of nitrogens with one attached hydrogen (secondary N) is 4. The molecule has 0 saturated carbocycles. The van der Waals surface area contributed by atoms with Crippen LogP contribution >= 0.6 is 0 Å². The first-order chi connectivity index (χ1) is 15.1. The number of rotatable bonds is 6. The third kappa shape index (κ3) is 5.83. The largest absolute Gasteiger partial charge is 0.355 e. The van der Waals surface area contributed by atoms with Crippen LogP contribution in [0, 0.1) is 6.92 Å². The van der Waals surface area contributed by atoms with Crippen LogP contribution in [0.4, 0.5) is 38.9 Å². The highest BCUT2D eigenvalue weighted by atomic mass is 16.2. The fraction of sp³-hybridized carbons (Fsp3) is 0.0400. The van der Waals surface area contributed by atoms with Gasteiger partial charge < -0.3 is 21.3 Å². The highest BCUT2D eigenvalue weighted by Crippen LogP contribution is 2.22. The van der Waals surface area contributed by atoms with E-state index in [1.807, 2.05) is 97.9 Å². The second-order valence-electron chi connectivity index (χ2n) is 7.04. The number of hydrogen-bond donors (Lipinski definition) is 4. The summed E-state index contributed by atoms with van der Waals surface area (Å²) in [4.78, 5) is 16.7. The van der Waals surface area contributed by atoms with Crippen LogP contribution in [-0.2, 0) is 0 Å². The van der Waals surface area contributed by atoms with Gasteiger partial charge in [0.2, 0.25) is 0 Å². The van der Waals surface area contributed by atoms with Crippen LogP contribution in [0.3, 0.4) is 0 Å². The van der Waals surface area contributed by atoms with Gasteiger partial charge in [0.05, 0.1) is 0 Å². The van der Waals surface area contributed by atoms with Gasteiger partial charge in [0.1, 0.15) is 0 Å². The second kappa shape index (κ2) is 9.45. The maximum absolute atomic E-state index is 12.5. The van der Waals surface area contributed by atoms with Crippen molar-refractivity contribution in [2.75, 3.05) is 21.3 Å². The molecule has 0 atom stereocenters. The lowest BCUT2D eigenvalue weighted by atomic mass is 10.2. The Morgan fingerprint density at radius 3 is 1.74 bits per heavy atom. The molecule has 4 aromatic rings. The molecule has 2 amide bonds. The summed E-state index contributed by atoms with van der Waals surface area (Å²) < 4.78 is 0. The van der Waals surface area contributed by atoms with Crippen molar-refractivity contribution in [3.8, 4) is 0 Å². The molecule has 31 heavy (non-hydrogen) atoms. The first-order valence-corrected chi connectivity index (χ1v) is 9.94. The minimum Gasteiger partial charge on any atom is -0.355 e. The van der Waals surface area contributed by atoms with E-state index < -0.39 is 0 Å². The van der Waals surface area contributed by atoms with Gasteiger partial charge in [0.25, 0.3) is 0 Å². The lowest BCUT2D eigenvalue weighted by Gasteiger charge is -2.12. The van der Waals surface area contributed by atoms with Crippen LogP contribution in [0.2, 0.25) is 0 Å². The number of aryl methyl sites for hydroxylation is 1. The van der Waals surface area contributed by atoms with E-state index in [9.17, 15) is 4.79 Å². The molecule has 6 heteroatoms. The number of aromatic nitrogens is 1. The predicted octanol–water partition coefficient (Wildman–Crippen LogP) is 6.52. The van der Waals surface area contributed by atoms with E-state index in [0.717, 1.165) is 28.4 Å². The van der Waals surface area contributed by atoms with E-state index in [1.165, 1.54) is 0 Å². The van der Waals surface area contributed by atoms with Gasteiger partial charge in [-0.3, -0.25) is 4.98 Å². The van der Waals surface area contributed by atoms with Crippen molar-refractivity contribution < 1.29 is 4.79 Å².